The number of H-pyrrole nitrogens is 1. The van der Waals surface area contributed by atoms with E-state index in [9.17, 15) is 0 Å². The molecule has 1 aliphatic rings. The quantitative estimate of drug-likeness (QED) is 0.662. The van der Waals surface area contributed by atoms with Crippen LogP contribution in [0.4, 0.5) is 0 Å². The number of aromatic amines is 1. The standard InChI is InChI=1S/C14H24NP/c1-12-11-15-16-14(12)13-9-7-5-3-2-4-6-8-10-13/h11,13,15H,2-10H2,1H3. The van der Waals surface area contributed by atoms with Gasteiger partial charge in [-0.05, 0) is 31.2 Å². The molecule has 1 N–H and O–H groups in total. The van der Waals surface area contributed by atoms with Crippen LogP contribution in [-0.2, 0) is 0 Å². The van der Waals surface area contributed by atoms with E-state index in [-0.39, 0.29) is 0 Å². The minimum Gasteiger partial charge on any atom is -0.344 e. The van der Waals surface area contributed by atoms with Crippen LogP contribution in [-0.4, -0.2) is 4.75 Å². The van der Waals surface area contributed by atoms with Gasteiger partial charge in [-0.3, -0.25) is 0 Å². The highest BCUT2D eigenvalue weighted by Crippen LogP contribution is 2.35. The second-order valence-electron chi connectivity index (χ2n) is 5.20. The van der Waals surface area contributed by atoms with E-state index in [0.29, 0.717) is 0 Å². The Labute approximate surface area is 101 Å². The minimum absolute atomic E-state index is 0.867. The van der Waals surface area contributed by atoms with Crippen molar-refractivity contribution in [2.24, 2.45) is 0 Å². The van der Waals surface area contributed by atoms with Gasteiger partial charge in [-0.1, -0.05) is 44.9 Å². The maximum atomic E-state index is 3.36. The van der Waals surface area contributed by atoms with Gasteiger partial charge in [0.25, 0.3) is 0 Å². The molecular weight excluding hydrogens is 213 g/mol. The van der Waals surface area contributed by atoms with Gasteiger partial charge in [-0.25, -0.2) is 0 Å². The highest BCUT2D eigenvalue weighted by Gasteiger charge is 2.15. The molecule has 0 amide bonds. The third-order valence-corrected chi connectivity index (χ3v) is 5.08. The molecule has 0 aliphatic heterocycles. The number of hydrogen-bond acceptors (Lipinski definition) is 0. The van der Waals surface area contributed by atoms with Gasteiger partial charge in [0, 0.05) is 19.8 Å². The molecule has 1 fully saturated rings. The van der Waals surface area contributed by atoms with Gasteiger partial charge in [0.1, 0.15) is 0 Å². The number of aromatic nitrogens is 1. The summed E-state index contributed by atoms with van der Waals surface area (Å²) >= 11 is 0. The van der Waals surface area contributed by atoms with E-state index < -0.39 is 0 Å². The van der Waals surface area contributed by atoms with Crippen molar-refractivity contribution >= 4 is 8.35 Å². The van der Waals surface area contributed by atoms with Gasteiger partial charge in [0.05, 0.1) is 0 Å². The van der Waals surface area contributed by atoms with Crippen LogP contribution in [0.2, 0.25) is 0 Å². The zero-order valence-electron chi connectivity index (χ0n) is 10.5. The van der Waals surface area contributed by atoms with Crippen molar-refractivity contribution in [3.05, 3.63) is 17.1 Å². The van der Waals surface area contributed by atoms with E-state index in [4.69, 9.17) is 0 Å². The zero-order valence-corrected chi connectivity index (χ0v) is 11.4. The van der Waals surface area contributed by atoms with Gasteiger partial charge in [-0.15, -0.1) is 0 Å². The van der Waals surface area contributed by atoms with E-state index in [1.807, 2.05) is 0 Å². The first-order valence-electron chi connectivity index (χ1n) is 6.88. The highest BCUT2D eigenvalue weighted by molar-refractivity contribution is 7.26. The monoisotopic (exact) mass is 237 g/mol. The van der Waals surface area contributed by atoms with Gasteiger partial charge in [0.15, 0.2) is 0 Å². The third-order valence-electron chi connectivity index (χ3n) is 3.86. The normalized spacial score (nSPS) is 21.3. The second kappa shape index (κ2) is 6.45. The molecule has 1 saturated carbocycles. The lowest BCUT2D eigenvalue weighted by molar-refractivity contribution is 0.465. The van der Waals surface area contributed by atoms with Crippen molar-refractivity contribution in [2.75, 3.05) is 0 Å². The van der Waals surface area contributed by atoms with Crippen LogP contribution in [0, 0.1) is 6.92 Å². The summed E-state index contributed by atoms with van der Waals surface area (Å²) in [6.07, 6.45) is 15.2. The van der Waals surface area contributed by atoms with Crippen LogP contribution in [0.3, 0.4) is 0 Å². The predicted molar refractivity (Wildman–Crippen MR) is 72.3 cm³/mol. The van der Waals surface area contributed by atoms with Crippen molar-refractivity contribution in [1.82, 2.24) is 4.75 Å². The maximum Gasteiger partial charge on any atom is 0.0144 e. The molecule has 0 bridgehead atoms. The van der Waals surface area contributed by atoms with E-state index in [1.54, 1.807) is 5.30 Å². The number of hydrogen-bond donors (Lipinski definition) is 1. The van der Waals surface area contributed by atoms with Crippen LogP contribution >= 0.6 is 8.35 Å². The molecule has 1 aromatic heterocycles. The fourth-order valence-corrected chi connectivity index (χ4v) is 3.94. The Balaban J connectivity index is 1.97. The first kappa shape index (κ1) is 12.2. The number of rotatable bonds is 1. The highest BCUT2D eigenvalue weighted by atomic mass is 31.0. The van der Waals surface area contributed by atoms with Crippen LogP contribution < -0.4 is 0 Å². The first-order chi connectivity index (χ1) is 7.88. The first-order valence-corrected chi connectivity index (χ1v) is 7.77. The lowest BCUT2D eigenvalue weighted by Crippen LogP contribution is -2.00. The smallest absolute Gasteiger partial charge is 0.0144 e. The SMILES string of the molecule is Cc1c[nH]pc1C1CCCCCCCCC1. The molecule has 0 unspecified atom stereocenters. The van der Waals surface area contributed by atoms with Crippen molar-refractivity contribution < 1.29 is 0 Å². The lowest BCUT2D eigenvalue weighted by atomic mass is 9.90. The average Bonchev–Trinajstić information content (AvgIpc) is 2.72. The fourth-order valence-electron chi connectivity index (χ4n) is 2.86. The molecule has 0 saturated heterocycles. The Hall–Kier alpha value is -0.290. The lowest BCUT2D eigenvalue weighted by Gasteiger charge is -2.18. The van der Waals surface area contributed by atoms with E-state index in [1.165, 1.54) is 71.7 Å². The molecular formula is C14H24NP. The Morgan fingerprint density at radius 2 is 1.56 bits per heavy atom. The molecule has 2 heteroatoms. The molecule has 16 heavy (non-hydrogen) atoms. The van der Waals surface area contributed by atoms with Crippen molar-refractivity contribution in [2.45, 2.75) is 70.6 Å². The summed E-state index contributed by atoms with van der Waals surface area (Å²) in [5.74, 6) is 0.867. The molecule has 1 aromatic rings. The molecule has 0 radical (unpaired) electrons. The van der Waals surface area contributed by atoms with E-state index in [0.717, 1.165) is 5.92 Å². The summed E-state index contributed by atoms with van der Waals surface area (Å²) in [5.41, 5.74) is 1.50. The summed E-state index contributed by atoms with van der Waals surface area (Å²) in [6, 6.07) is 0. The molecule has 0 atom stereocenters. The predicted octanol–water partition coefficient (Wildman–Crippen LogP) is 5.51. The van der Waals surface area contributed by atoms with Gasteiger partial charge in [-0.2, -0.15) is 0 Å². The van der Waals surface area contributed by atoms with Crippen LogP contribution in [0.25, 0.3) is 0 Å². The zero-order chi connectivity index (χ0) is 11.2. The van der Waals surface area contributed by atoms with Gasteiger partial charge in [0.2, 0.25) is 0 Å². The average molecular weight is 237 g/mol. The minimum atomic E-state index is 0.867. The van der Waals surface area contributed by atoms with Crippen molar-refractivity contribution in [3.8, 4) is 0 Å². The molecule has 1 nitrogen and oxygen atoms in total. The van der Waals surface area contributed by atoms with Gasteiger partial charge < -0.3 is 4.75 Å². The summed E-state index contributed by atoms with van der Waals surface area (Å²) < 4.78 is 3.36. The topological polar surface area (TPSA) is 15.8 Å². The number of nitrogens with one attached hydrogen (secondary N) is 1. The maximum absolute atomic E-state index is 3.36. The van der Waals surface area contributed by atoms with Gasteiger partial charge >= 0.3 is 0 Å². The number of aryl methyl sites for hydroxylation is 1. The Morgan fingerprint density at radius 3 is 2.06 bits per heavy atom. The molecule has 1 heterocycles. The third kappa shape index (κ3) is 3.35. The molecule has 2 rings (SSSR count). The molecule has 1 aliphatic carbocycles. The fraction of sp³-hybridized carbons (Fsp3) is 0.786. The molecule has 0 aromatic carbocycles. The van der Waals surface area contributed by atoms with Crippen molar-refractivity contribution in [3.63, 3.8) is 0 Å². The molecule has 90 valence electrons. The van der Waals surface area contributed by atoms with E-state index in [2.05, 4.69) is 17.9 Å². The Bertz CT molecular complexity index is 295. The molecule has 0 spiro atoms. The summed E-state index contributed by atoms with van der Waals surface area (Å²) in [6.45, 7) is 2.27. The van der Waals surface area contributed by atoms with Crippen LogP contribution in [0.5, 0.6) is 0 Å². The van der Waals surface area contributed by atoms with Crippen LogP contribution in [0.1, 0.15) is 74.6 Å². The van der Waals surface area contributed by atoms with E-state index >= 15 is 0 Å². The Morgan fingerprint density at radius 1 is 1.00 bits per heavy atom. The Kier molecular flexibility index (Phi) is 4.91. The second-order valence-corrected chi connectivity index (χ2v) is 6.17. The van der Waals surface area contributed by atoms with Crippen molar-refractivity contribution in [1.29, 1.82) is 0 Å². The van der Waals surface area contributed by atoms with Crippen LogP contribution in [0.15, 0.2) is 6.20 Å². The summed E-state index contributed by atoms with van der Waals surface area (Å²) in [4.78, 5) is 0. The largest absolute Gasteiger partial charge is 0.344 e. The summed E-state index contributed by atoms with van der Waals surface area (Å²) in [7, 11) is 1.37. The summed E-state index contributed by atoms with van der Waals surface area (Å²) in [5, 5.41) is 1.68.